The molecule has 1 rings (SSSR count). The highest BCUT2D eigenvalue weighted by molar-refractivity contribution is 7.99. The minimum atomic E-state index is -0.235. The Morgan fingerprint density at radius 3 is 3.00 bits per heavy atom. The number of thioether (sulfide) groups is 1. The number of esters is 1. The molecule has 0 saturated heterocycles. The van der Waals surface area contributed by atoms with E-state index in [-0.39, 0.29) is 11.7 Å². The van der Waals surface area contributed by atoms with Gasteiger partial charge in [-0.25, -0.2) is 4.68 Å². The first kappa shape index (κ1) is 17.9. The van der Waals surface area contributed by atoms with Crippen molar-refractivity contribution in [3.8, 4) is 0 Å². The fourth-order valence-electron chi connectivity index (χ4n) is 1.42. The quantitative estimate of drug-likeness (QED) is 0.335. The van der Waals surface area contributed by atoms with Gasteiger partial charge in [0, 0.05) is 20.2 Å². The van der Waals surface area contributed by atoms with Crippen molar-refractivity contribution in [2.45, 2.75) is 31.5 Å². The van der Waals surface area contributed by atoms with Crippen molar-refractivity contribution in [3.05, 3.63) is 0 Å². The van der Waals surface area contributed by atoms with E-state index in [1.165, 1.54) is 11.8 Å². The molecule has 0 aliphatic rings. The monoisotopic (exact) mass is 317 g/mol. The summed E-state index contributed by atoms with van der Waals surface area (Å²) >= 11 is 1.29. The minimum absolute atomic E-state index is 0.223. The van der Waals surface area contributed by atoms with Crippen molar-refractivity contribution in [1.82, 2.24) is 25.5 Å². The molecule has 0 spiro atoms. The standard InChI is InChI=1S/C12H23N5O3S/c1-3-4-8-20-11(18)10-21-12-14-15-16-17(12)7-5-13-6-9-19-2/h13H,3-10H2,1-2H3. The summed E-state index contributed by atoms with van der Waals surface area (Å²) in [6, 6.07) is 0. The van der Waals surface area contributed by atoms with E-state index in [9.17, 15) is 4.79 Å². The van der Waals surface area contributed by atoms with Crippen LogP contribution in [0.3, 0.4) is 0 Å². The summed E-state index contributed by atoms with van der Waals surface area (Å²) in [5, 5.41) is 15.3. The molecule has 0 amide bonds. The molecule has 0 unspecified atom stereocenters. The Morgan fingerprint density at radius 2 is 2.24 bits per heavy atom. The van der Waals surface area contributed by atoms with Crippen LogP contribution in [0.1, 0.15) is 19.8 Å². The van der Waals surface area contributed by atoms with Gasteiger partial charge in [-0.3, -0.25) is 4.79 Å². The van der Waals surface area contributed by atoms with Gasteiger partial charge in [0.25, 0.3) is 0 Å². The molecule has 1 heterocycles. The van der Waals surface area contributed by atoms with Crippen LogP contribution in [0.5, 0.6) is 0 Å². The van der Waals surface area contributed by atoms with Crippen LogP contribution in [0.2, 0.25) is 0 Å². The smallest absolute Gasteiger partial charge is 0.316 e. The fourth-order valence-corrected chi connectivity index (χ4v) is 2.12. The second-order valence-electron chi connectivity index (χ2n) is 4.29. The van der Waals surface area contributed by atoms with Crippen molar-refractivity contribution in [2.24, 2.45) is 0 Å². The average molecular weight is 317 g/mol. The molecule has 0 aliphatic carbocycles. The summed E-state index contributed by atoms with van der Waals surface area (Å²) in [5.41, 5.74) is 0. The molecule has 9 heteroatoms. The number of rotatable bonds is 12. The highest BCUT2D eigenvalue weighted by Gasteiger charge is 2.10. The minimum Gasteiger partial charge on any atom is -0.465 e. The third-order valence-corrected chi connectivity index (χ3v) is 3.49. The van der Waals surface area contributed by atoms with Crippen LogP contribution in [0.25, 0.3) is 0 Å². The molecule has 1 aromatic rings. The number of tetrazole rings is 1. The SMILES string of the molecule is CCCCOC(=O)CSc1nnnn1CCNCCOC. The van der Waals surface area contributed by atoms with E-state index in [2.05, 4.69) is 27.8 Å². The van der Waals surface area contributed by atoms with Gasteiger partial charge >= 0.3 is 5.97 Å². The van der Waals surface area contributed by atoms with Gasteiger partial charge in [0.2, 0.25) is 5.16 Å². The predicted molar refractivity (Wildman–Crippen MR) is 79.2 cm³/mol. The van der Waals surface area contributed by atoms with Crippen molar-refractivity contribution < 1.29 is 14.3 Å². The van der Waals surface area contributed by atoms with E-state index in [4.69, 9.17) is 9.47 Å². The van der Waals surface area contributed by atoms with Crippen molar-refractivity contribution >= 4 is 17.7 Å². The highest BCUT2D eigenvalue weighted by atomic mass is 32.2. The van der Waals surface area contributed by atoms with Crippen LogP contribution in [0, 0.1) is 0 Å². The molecule has 21 heavy (non-hydrogen) atoms. The van der Waals surface area contributed by atoms with Crippen LogP contribution in [-0.2, 0) is 20.8 Å². The topological polar surface area (TPSA) is 91.2 Å². The average Bonchev–Trinajstić information content (AvgIpc) is 2.93. The molecule has 0 radical (unpaired) electrons. The van der Waals surface area contributed by atoms with Gasteiger partial charge in [0.15, 0.2) is 0 Å². The second kappa shape index (κ2) is 11.5. The molecular formula is C12H23N5O3S. The largest absolute Gasteiger partial charge is 0.465 e. The summed E-state index contributed by atoms with van der Waals surface area (Å²) in [5.74, 6) is -0.0116. The molecule has 0 aromatic carbocycles. The van der Waals surface area contributed by atoms with Gasteiger partial charge < -0.3 is 14.8 Å². The van der Waals surface area contributed by atoms with E-state index in [1.54, 1.807) is 11.8 Å². The normalized spacial score (nSPS) is 10.8. The first-order valence-electron chi connectivity index (χ1n) is 7.02. The van der Waals surface area contributed by atoms with Gasteiger partial charge in [0.1, 0.15) is 0 Å². The van der Waals surface area contributed by atoms with E-state index >= 15 is 0 Å². The Kier molecular flexibility index (Phi) is 9.75. The summed E-state index contributed by atoms with van der Waals surface area (Å²) in [6.07, 6.45) is 1.90. The maximum absolute atomic E-state index is 11.5. The molecule has 0 fully saturated rings. The van der Waals surface area contributed by atoms with E-state index in [0.717, 1.165) is 25.9 Å². The molecular weight excluding hydrogens is 294 g/mol. The number of nitrogens with one attached hydrogen (secondary N) is 1. The van der Waals surface area contributed by atoms with Gasteiger partial charge in [-0.15, -0.1) is 5.10 Å². The van der Waals surface area contributed by atoms with Crippen LogP contribution in [0.4, 0.5) is 0 Å². The Hall–Kier alpha value is -1.19. The maximum Gasteiger partial charge on any atom is 0.316 e. The number of aromatic nitrogens is 4. The Labute approximate surface area is 128 Å². The van der Waals surface area contributed by atoms with Crippen LogP contribution >= 0.6 is 11.8 Å². The van der Waals surface area contributed by atoms with Gasteiger partial charge in [0.05, 0.1) is 25.5 Å². The number of methoxy groups -OCH3 is 1. The van der Waals surface area contributed by atoms with Crippen molar-refractivity contribution in [3.63, 3.8) is 0 Å². The Balaban J connectivity index is 2.23. The first-order valence-corrected chi connectivity index (χ1v) is 8.00. The summed E-state index contributed by atoms with van der Waals surface area (Å²) in [7, 11) is 1.66. The zero-order valence-corrected chi connectivity index (χ0v) is 13.4. The van der Waals surface area contributed by atoms with Gasteiger partial charge in [-0.2, -0.15) is 0 Å². The van der Waals surface area contributed by atoms with Crippen LogP contribution < -0.4 is 5.32 Å². The van der Waals surface area contributed by atoms with Gasteiger partial charge in [-0.05, 0) is 16.8 Å². The lowest BCUT2D eigenvalue weighted by molar-refractivity contribution is -0.140. The molecule has 0 atom stereocenters. The molecule has 1 N–H and O–H groups in total. The molecule has 0 aliphatic heterocycles. The Bertz CT molecular complexity index is 402. The van der Waals surface area contributed by atoms with Crippen molar-refractivity contribution in [2.75, 3.05) is 39.2 Å². The number of carbonyl (C=O) groups excluding carboxylic acids is 1. The molecule has 1 aromatic heterocycles. The third kappa shape index (κ3) is 7.98. The number of nitrogens with zero attached hydrogens (tertiary/aromatic N) is 4. The zero-order valence-electron chi connectivity index (χ0n) is 12.6. The number of hydrogen-bond acceptors (Lipinski definition) is 8. The highest BCUT2D eigenvalue weighted by Crippen LogP contribution is 2.13. The van der Waals surface area contributed by atoms with E-state index in [0.29, 0.717) is 24.9 Å². The zero-order chi connectivity index (χ0) is 15.3. The number of hydrogen-bond donors (Lipinski definition) is 1. The van der Waals surface area contributed by atoms with Crippen LogP contribution in [0.15, 0.2) is 5.16 Å². The molecule has 120 valence electrons. The molecule has 0 bridgehead atoms. The lowest BCUT2D eigenvalue weighted by Crippen LogP contribution is -2.24. The number of carbonyl (C=O) groups is 1. The molecule has 0 saturated carbocycles. The summed E-state index contributed by atoms with van der Waals surface area (Å²) in [6.45, 7) is 5.36. The van der Waals surface area contributed by atoms with E-state index in [1.807, 2.05) is 0 Å². The lowest BCUT2D eigenvalue weighted by atomic mass is 10.4. The second-order valence-corrected chi connectivity index (χ2v) is 5.23. The predicted octanol–water partition coefficient (Wildman–Crippen LogP) is 0.345. The summed E-state index contributed by atoms with van der Waals surface area (Å²) < 4.78 is 11.7. The maximum atomic E-state index is 11.5. The first-order chi connectivity index (χ1) is 10.3. The molecule has 8 nitrogen and oxygen atoms in total. The number of unbranched alkanes of at least 4 members (excludes halogenated alkanes) is 1. The number of ether oxygens (including phenoxy) is 2. The van der Waals surface area contributed by atoms with E-state index < -0.39 is 0 Å². The Morgan fingerprint density at radius 1 is 1.38 bits per heavy atom. The van der Waals surface area contributed by atoms with Gasteiger partial charge in [-0.1, -0.05) is 25.1 Å². The van der Waals surface area contributed by atoms with Crippen molar-refractivity contribution in [1.29, 1.82) is 0 Å². The lowest BCUT2D eigenvalue weighted by Gasteiger charge is -2.06. The summed E-state index contributed by atoms with van der Waals surface area (Å²) in [4.78, 5) is 11.5. The third-order valence-electron chi connectivity index (χ3n) is 2.56. The fraction of sp³-hybridized carbons (Fsp3) is 0.833. The van der Waals surface area contributed by atoms with Crippen LogP contribution in [-0.4, -0.2) is 65.3 Å².